The zero-order valence-corrected chi connectivity index (χ0v) is 13.6. The summed E-state index contributed by atoms with van der Waals surface area (Å²) >= 11 is 7.46. The predicted octanol–water partition coefficient (Wildman–Crippen LogP) is 3.87. The van der Waals surface area contributed by atoms with Gasteiger partial charge in [-0.15, -0.1) is 0 Å². The Morgan fingerprint density at radius 2 is 2.00 bits per heavy atom. The summed E-state index contributed by atoms with van der Waals surface area (Å²) in [5, 5.41) is 1.03. The lowest BCUT2D eigenvalue weighted by molar-refractivity contribution is -0.129. The van der Waals surface area contributed by atoms with Gasteiger partial charge >= 0.3 is 0 Å². The number of carbonyl (C=O) groups excluding carboxylic acids is 1. The number of pyridine rings is 1. The van der Waals surface area contributed by atoms with Crippen LogP contribution < -0.4 is 0 Å². The highest BCUT2D eigenvalue weighted by molar-refractivity contribution is 8.00. The fourth-order valence-corrected chi connectivity index (χ4v) is 3.09. The topological polar surface area (TPSA) is 33.2 Å². The van der Waals surface area contributed by atoms with E-state index in [1.54, 1.807) is 23.2 Å². The van der Waals surface area contributed by atoms with Gasteiger partial charge in [-0.2, -0.15) is 0 Å². The highest BCUT2D eigenvalue weighted by atomic mass is 35.5. The van der Waals surface area contributed by atoms with Crippen LogP contribution in [0.5, 0.6) is 0 Å². The van der Waals surface area contributed by atoms with Crippen LogP contribution in [0.2, 0.25) is 5.02 Å². The molecule has 1 atom stereocenters. The summed E-state index contributed by atoms with van der Waals surface area (Å²) in [6, 6.07) is 13.5. The molecule has 5 heteroatoms. The van der Waals surface area contributed by atoms with Gasteiger partial charge in [-0.05, 0) is 24.6 Å². The van der Waals surface area contributed by atoms with Crippen molar-refractivity contribution in [1.82, 2.24) is 9.88 Å². The maximum absolute atomic E-state index is 12.4. The lowest BCUT2D eigenvalue weighted by atomic mass is 10.2. The van der Waals surface area contributed by atoms with Crippen molar-refractivity contribution in [3.63, 3.8) is 0 Å². The van der Waals surface area contributed by atoms with Crippen molar-refractivity contribution in [2.24, 2.45) is 0 Å². The molecule has 2 aromatic rings. The van der Waals surface area contributed by atoms with Crippen LogP contribution in [0.3, 0.4) is 0 Å². The average Bonchev–Trinajstić information content (AvgIpc) is 2.49. The second kappa shape index (κ2) is 7.48. The third kappa shape index (κ3) is 4.48. The van der Waals surface area contributed by atoms with Gasteiger partial charge in [-0.3, -0.25) is 4.79 Å². The van der Waals surface area contributed by atoms with Crippen LogP contribution in [-0.2, 0) is 11.3 Å². The molecule has 0 N–H and O–H groups in total. The maximum atomic E-state index is 12.4. The quantitative estimate of drug-likeness (QED) is 0.784. The van der Waals surface area contributed by atoms with Crippen molar-refractivity contribution >= 4 is 29.3 Å². The van der Waals surface area contributed by atoms with Gasteiger partial charge in [-0.1, -0.05) is 53.7 Å². The zero-order valence-electron chi connectivity index (χ0n) is 12.0. The van der Waals surface area contributed by atoms with Gasteiger partial charge in [0.2, 0.25) is 5.91 Å². The van der Waals surface area contributed by atoms with Gasteiger partial charge in [0.1, 0.15) is 5.03 Å². The zero-order chi connectivity index (χ0) is 15.2. The highest BCUT2D eigenvalue weighted by Crippen LogP contribution is 2.28. The van der Waals surface area contributed by atoms with E-state index in [0.717, 1.165) is 5.56 Å². The minimum absolute atomic E-state index is 0.0607. The van der Waals surface area contributed by atoms with E-state index in [1.165, 1.54) is 11.8 Å². The first kappa shape index (κ1) is 15.9. The molecule has 0 radical (unpaired) electrons. The Labute approximate surface area is 134 Å². The molecule has 21 heavy (non-hydrogen) atoms. The number of aromatic nitrogens is 1. The normalized spacial score (nSPS) is 12.0. The summed E-state index contributed by atoms with van der Waals surface area (Å²) in [5.41, 5.74) is 1.11. The maximum Gasteiger partial charge on any atom is 0.235 e. The molecule has 1 heterocycles. The highest BCUT2D eigenvalue weighted by Gasteiger charge is 2.20. The summed E-state index contributed by atoms with van der Waals surface area (Å²) in [6.45, 7) is 2.47. The lowest BCUT2D eigenvalue weighted by Gasteiger charge is -2.21. The van der Waals surface area contributed by atoms with Gasteiger partial charge in [0.05, 0.1) is 10.3 Å². The van der Waals surface area contributed by atoms with Gasteiger partial charge < -0.3 is 4.90 Å². The molecule has 0 fully saturated rings. The van der Waals surface area contributed by atoms with Crippen LogP contribution in [-0.4, -0.2) is 28.1 Å². The number of carbonyl (C=O) groups is 1. The van der Waals surface area contributed by atoms with Crippen molar-refractivity contribution < 1.29 is 4.79 Å². The molecule has 110 valence electrons. The van der Waals surface area contributed by atoms with Crippen molar-refractivity contribution in [3.05, 3.63) is 59.2 Å². The fraction of sp³-hybridized carbons (Fsp3) is 0.250. The number of benzene rings is 1. The second-order valence-electron chi connectivity index (χ2n) is 4.73. The summed E-state index contributed by atoms with van der Waals surface area (Å²) in [4.78, 5) is 18.3. The third-order valence-corrected chi connectivity index (χ3v) is 4.52. The Balaban J connectivity index is 1.97. The van der Waals surface area contributed by atoms with Gasteiger partial charge in [0.15, 0.2) is 0 Å². The first-order valence-electron chi connectivity index (χ1n) is 6.64. The van der Waals surface area contributed by atoms with E-state index in [0.29, 0.717) is 16.6 Å². The van der Waals surface area contributed by atoms with Crippen molar-refractivity contribution in [1.29, 1.82) is 0 Å². The molecule has 3 nitrogen and oxygen atoms in total. The largest absolute Gasteiger partial charge is 0.340 e. The van der Waals surface area contributed by atoms with Crippen molar-refractivity contribution in [2.45, 2.75) is 23.7 Å². The van der Waals surface area contributed by atoms with E-state index >= 15 is 0 Å². The minimum atomic E-state index is -0.230. The summed E-state index contributed by atoms with van der Waals surface area (Å²) in [5.74, 6) is 0.0607. The number of nitrogens with zero attached hydrogens (tertiary/aromatic N) is 2. The molecule has 0 aliphatic rings. The van der Waals surface area contributed by atoms with E-state index in [2.05, 4.69) is 4.98 Å². The first-order valence-corrected chi connectivity index (χ1v) is 7.90. The molecule has 2 rings (SSSR count). The summed E-state index contributed by atoms with van der Waals surface area (Å²) in [7, 11) is 1.81. The van der Waals surface area contributed by atoms with E-state index in [9.17, 15) is 4.79 Å². The molecule has 0 bridgehead atoms. The Morgan fingerprint density at radius 1 is 1.29 bits per heavy atom. The number of thioether (sulfide) groups is 1. The Morgan fingerprint density at radius 3 is 2.67 bits per heavy atom. The second-order valence-corrected chi connectivity index (χ2v) is 6.47. The van der Waals surface area contributed by atoms with Crippen LogP contribution in [0.25, 0.3) is 0 Å². The van der Waals surface area contributed by atoms with Crippen LogP contribution in [0, 0.1) is 0 Å². The monoisotopic (exact) mass is 320 g/mol. The van der Waals surface area contributed by atoms with Crippen LogP contribution in [0.1, 0.15) is 12.5 Å². The smallest absolute Gasteiger partial charge is 0.235 e. The molecule has 0 aliphatic carbocycles. The van der Waals surface area contributed by atoms with Crippen LogP contribution in [0.15, 0.2) is 53.7 Å². The SMILES string of the molecule is CC(Sc1ncccc1Cl)C(=O)N(C)Cc1ccccc1. The van der Waals surface area contributed by atoms with Gasteiger partial charge in [0, 0.05) is 19.8 Å². The fourth-order valence-electron chi connectivity index (χ4n) is 1.92. The molecule has 0 saturated carbocycles. The van der Waals surface area contributed by atoms with Crippen molar-refractivity contribution in [3.8, 4) is 0 Å². The van der Waals surface area contributed by atoms with E-state index < -0.39 is 0 Å². The molecule has 1 unspecified atom stereocenters. The number of amides is 1. The van der Waals surface area contributed by atoms with Crippen molar-refractivity contribution in [2.75, 3.05) is 7.05 Å². The third-order valence-electron chi connectivity index (χ3n) is 3.00. The number of hydrogen-bond acceptors (Lipinski definition) is 3. The molecule has 1 aromatic heterocycles. The molecule has 1 amide bonds. The molecular weight excluding hydrogens is 304 g/mol. The molecule has 1 aromatic carbocycles. The van der Waals surface area contributed by atoms with Crippen LogP contribution in [0.4, 0.5) is 0 Å². The molecule has 0 saturated heterocycles. The summed E-state index contributed by atoms with van der Waals surface area (Å²) < 4.78 is 0. The first-order chi connectivity index (χ1) is 10.1. The standard InChI is InChI=1S/C16H17ClN2OS/c1-12(21-15-14(17)9-6-10-18-15)16(20)19(2)11-13-7-4-3-5-8-13/h3-10,12H,11H2,1-2H3. The molecule has 0 aliphatic heterocycles. The Hall–Kier alpha value is -1.52. The van der Waals surface area contributed by atoms with Gasteiger partial charge in [-0.25, -0.2) is 4.98 Å². The van der Waals surface area contributed by atoms with E-state index in [4.69, 9.17) is 11.6 Å². The number of rotatable bonds is 5. The van der Waals surface area contributed by atoms with Gasteiger partial charge in [0.25, 0.3) is 0 Å². The Kier molecular flexibility index (Phi) is 5.65. The lowest BCUT2D eigenvalue weighted by Crippen LogP contribution is -2.32. The minimum Gasteiger partial charge on any atom is -0.340 e. The predicted molar refractivity (Wildman–Crippen MR) is 87.5 cm³/mol. The van der Waals surface area contributed by atoms with Crippen LogP contribution >= 0.6 is 23.4 Å². The number of hydrogen-bond donors (Lipinski definition) is 0. The molecule has 0 spiro atoms. The molecular formula is C16H17ClN2OS. The summed E-state index contributed by atoms with van der Waals surface area (Å²) in [6.07, 6.45) is 1.68. The Bertz CT molecular complexity index is 606. The van der Waals surface area contributed by atoms with E-state index in [1.807, 2.05) is 44.3 Å². The van der Waals surface area contributed by atoms with E-state index in [-0.39, 0.29) is 11.2 Å². The number of halogens is 1. The average molecular weight is 321 g/mol.